The summed E-state index contributed by atoms with van der Waals surface area (Å²) in [6, 6.07) is 4.72. The van der Waals surface area contributed by atoms with E-state index in [2.05, 4.69) is 10.6 Å². The van der Waals surface area contributed by atoms with E-state index in [1.165, 1.54) is 31.4 Å². The normalized spacial score (nSPS) is 22.9. The van der Waals surface area contributed by atoms with E-state index in [1.807, 2.05) is 0 Å². The number of aliphatic carboxylic acids is 1. The SMILES string of the molecule is COc1ccc(/C=C/C(=O)O)cc1C(=O)N[C@H]1[C@@H](C(=O)Nc2ccc(F)c(C(F)(F)F)c2)[C@H]2CC[C@@H]1/C2=C\C(F)(F)F. The summed E-state index contributed by atoms with van der Waals surface area (Å²) in [6.45, 7) is 0. The highest BCUT2D eigenvalue weighted by molar-refractivity contribution is 5.99. The number of alkyl halides is 6. The van der Waals surface area contributed by atoms with Crippen LogP contribution >= 0.6 is 0 Å². The number of carbonyl (C=O) groups excluding carboxylic acids is 2. The van der Waals surface area contributed by atoms with E-state index in [-0.39, 0.29) is 35.8 Å². The zero-order valence-corrected chi connectivity index (χ0v) is 21.6. The lowest BCUT2D eigenvalue weighted by Crippen LogP contribution is -2.48. The topological polar surface area (TPSA) is 105 Å². The first-order valence-electron chi connectivity index (χ1n) is 12.5. The minimum absolute atomic E-state index is 0.0567. The largest absolute Gasteiger partial charge is 0.496 e. The molecule has 2 fully saturated rings. The number of carboxylic acids is 1. The van der Waals surface area contributed by atoms with Gasteiger partial charge in [0.25, 0.3) is 5.91 Å². The smallest absolute Gasteiger partial charge is 0.419 e. The van der Waals surface area contributed by atoms with Crippen molar-refractivity contribution >= 4 is 29.5 Å². The molecule has 0 spiro atoms. The minimum Gasteiger partial charge on any atom is -0.496 e. The van der Waals surface area contributed by atoms with Crippen LogP contribution in [-0.2, 0) is 15.8 Å². The van der Waals surface area contributed by atoms with Gasteiger partial charge in [0.2, 0.25) is 5.91 Å². The Labute approximate surface area is 234 Å². The molecule has 42 heavy (non-hydrogen) atoms. The second kappa shape index (κ2) is 11.5. The summed E-state index contributed by atoms with van der Waals surface area (Å²) in [6.07, 6.45) is -7.32. The molecule has 14 heteroatoms. The van der Waals surface area contributed by atoms with Crippen LogP contribution in [0.25, 0.3) is 6.08 Å². The maximum atomic E-state index is 13.7. The Morgan fingerprint density at radius 3 is 2.31 bits per heavy atom. The van der Waals surface area contributed by atoms with Crippen LogP contribution in [-0.4, -0.2) is 42.2 Å². The van der Waals surface area contributed by atoms with Gasteiger partial charge in [-0.25, -0.2) is 9.18 Å². The van der Waals surface area contributed by atoms with Gasteiger partial charge < -0.3 is 20.5 Å². The molecule has 0 radical (unpaired) electrons. The van der Waals surface area contributed by atoms with Crippen molar-refractivity contribution in [2.45, 2.75) is 31.2 Å². The van der Waals surface area contributed by atoms with Crippen molar-refractivity contribution in [3.05, 3.63) is 76.6 Å². The molecule has 2 aromatic carbocycles. The molecule has 0 heterocycles. The number of hydrogen-bond donors (Lipinski definition) is 3. The van der Waals surface area contributed by atoms with E-state index < -0.39 is 71.0 Å². The number of amides is 2. The number of anilines is 1. The highest BCUT2D eigenvalue weighted by Crippen LogP contribution is 2.54. The van der Waals surface area contributed by atoms with Crippen LogP contribution in [0, 0.1) is 23.6 Å². The number of allylic oxidation sites excluding steroid dienone is 1. The van der Waals surface area contributed by atoms with Crippen LogP contribution in [0.1, 0.15) is 34.3 Å². The number of methoxy groups -OCH3 is 1. The van der Waals surface area contributed by atoms with Crippen LogP contribution in [0.5, 0.6) is 5.75 Å². The standard InChI is InChI=1S/C28H23F7N2O5/c1-42-21-8-2-13(3-9-22(38)39)10-17(21)25(40)37-24-16-6-5-15(18(16)12-27(30,31)32)23(24)26(41)36-14-4-7-20(29)19(11-14)28(33,34)35/h2-4,7-12,15-16,23-24H,5-6H2,1H3,(H,36,41)(H,37,40)(H,38,39)/b9-3+,18-12-/t15-,16+,23-,24+/m0/s1. The van der Waals surface area contributed by atoms with Gasteiger partial charge >= 0.3 is 18.3 Å². The average molecular weight is 600 g/mol. The fourth-order valence-corrected chi connectivity index (χ4v) is 5.63. The molecule has 0 aliphatic heterocycles. The molecule has 0 unspecified atom stereocenters. The van der Waals surface area contributed by atoms with Gasteiger partial charge in [-0.3, -0.25) is 9.59 Å². The number of rotatable bonds is 7. The molecular formula is C28H23F7N2O5. The van der Waals surface area contributed by atoms with Gasteiger partial charge in [-0.1, -0.05) is 11.6 Å². The van der Waals surface area contributed by atoms with E-state index in [9.17, 15) is 45.1 Å². The van der Waals surface area contributed by atoms with E-state index >= 15 is 0 Å². The molecule has 7 nitrogen and oxygen atoms in total. The van der Waals surface area contributed by atoms with Crippen LogP contribution < -0.4 is 15.4 Å². The van der Waals surface area contributed by atoms with Crippen molar-refractivity contribution in [1.82, 2.24) is 5.32 Å². The molecule has 2 aliphatic carbocycles. The molecule has 3 N–H and O–H groups in total. The second-order valence-electron chi connectivity index (χ2n) is 9.81. The molecule has 2 aliphatic rings. The van der Waals surface area contributed by atoms with Gasteiger partial charge in [-0.05, 0) is 60.7 Å². The molecule has 2 aromatic rings. The Balaban J connectivity index is 1.68. The van der Waals surface area contributed by atoms with Crippen LogP contribution in [0.15, 0.2) is 54.1 Å². The van der Waals surface area contributed by atoms with E-state index in [1.54, 1.807) is 0 Å². The first-order valence-corrected chi connectivity index (χ1v) is 12.5. The number of fused-ring (bicyclic) bond motifs is 2. The summed E-state index contributed by atoms with van der Waals surface area (Å²) in [5.74, 6) is -7.74. The molecule has 4 atom stereocenters. The predicted molar refractivity (Wildman–Crippen MR) is 135 cm³/mol. The van der Waals surface area contributed by atoms with Crippen molar-refractivity contribution in [3.63, 3.8) is 0 Å². The van der Waals surface area contributed by atoms with Gasteiger partial charge in [-0.2, -0.15) is 26.3 Å². The predicted octanol–water partition coefficient (Wildman–Crippen LogP) is 5.83. The van der Waals surface area contributed by atoms with Gasteiger partial charge in [0, 0.05) is 29.8 Å². The Hall–Kier alpha value is -4.36. The lowest BCUT2D eigenvalue weighted by Gasteiger charge is -2.30. The maximum absolute atomic E-state index is 13.7. The molecule has 224 valence electrons. The van der Waals surface area contributed by atoms with Gasteiger partial charge in [0.05, 0.1) is 24.2 Å². The Morgan fingerprint density at radius 1 is 1.00 bits per heavy atom. The Morgan fingerprint density at radius 2 is 1.69 bits per heavy atom. The molecule has 2 bridgehead atoms. The minimum atomic E-state index is -5.07. The maximum Gasteiger partial charge on any atom is 0.419 e. The van der Waals surface area contributed by atoms with Crippen molar-refractivity contribution < 1.29 is 55.0 Å². The first kappa shape index (κ1) is 30.6. The van der Waals surface area contributed by atoms with E-state index in [0.717, 1.165) is 12.1 Å². The molecule has 2 saturated carbocycles. The molecule has 4 rings (SSSR count). The van der Waals surface area contributed by atoms with Crippen LogP contribution in [0.4, 0.5) is 36.4 Å². The summed E-state index contributed by atoms with van der Waals surface area (Å²) in [7, 11) is 1.26. The molecular weight excluding hydrogens is 577 g/mol. The number of carbonyl (C=O) groups is 3. The summed E-state index contributed by atoms with van der Waals surface area (Å²) in [4.78, 5) is 37.6. The second-order valence-corrected chi connectivity index (χ2v) is 9.81. The van der Waals surface area contributed by atoms with Crippen molar-refractivity contribution in [1.29, 1.82) is 0 Å². The fraction of sp³-hybridized carbons (Fsp3) is 0.321. The average Bonchev–Trinajstić information content (AvgIpc) is 3.40. The molecule has 0 aromatic heterocycles. The third kappa shape index (κ3) is 6.58. The number of hydrogen-bond acceptors (Lipinski definition) is 4. The van der Waals surface area contributed by atoms with E-state index in [0.29, 0.717) is 17.7 Å². The number of nitrogens with one attached hydrogen (secondary N) is 2. The highest BCUT2D eigenvalue weighted by atomic mass is 19.4. The van der Waals surface area contributed by atoms with Gasteiger partial charge in [-0.15, -0.1) is 0 Å². The number of benzene rings is 2. The number of carboxylic acid groups (broad SMARTS) is 1. The van der Waals surface area contributed by atoms with Crippen molar-refractivity contribution in [2.75, 3.05) is 12.4 Å². The quantitative estimate of drug-likeness (QED) is 0.211. The monoisotopic (exact) mass is 600 g/mol. The van der Waals surface area contributed by atoms with Gasteiger partial charge in [0.1, 0.15) is 11.6 Å². The zero-order chi connectivity index (χ0) is 31.0. The van der Waals surface area contributed by atoms with Crippen molar-refractivity contribution in [2.24, 2.45) is 17.8 Å². The molecule has 2 amide bonds. The van der Waals surface area contributed by atoms with Crippen LogP contribution in [0.2, 0.25) is 0 Å². The lowest BCUT2D eigenvalue weighted by atomic mass is 9.83. The van der Waals surface area contributed by atoms with Crippen molar-refractivity contribution in [3.8, 4) is 5.75 Å². The first-order chi connectivity index (χ1) is 19.6. The number of halogens is 7. The van der Waals surface area contributed by atoms with Crippen LogP contribution in [0.3, 0.4) is 0 Å². The Bertz CT molecular complexity index is 1470. The highest BCUT2D eigenvalue weighted by Gasteiger charge is 2.55. The zero-order valence-electron chi connectivity index (χ0n) is 21.6. The third-order valence-electron chi connectivity index (χ3n) is 7.26. The summed E-state index contributed by atoms with van der Waals surface area (Å²) < 4.78 is 98.7. The lowest BCUT2D eigenvalue weighted by molar-refractivity contribution is -0.140. The summed E-state index contributed by atoms with van der Waals surface area (Å²) in [5.41, 5.74) is -1.99. The summed E-state index contributed by atoms with van der Waals surface area (Å²) >= 11 is 0. The summed E-state index contributed by atoms with van der Waals surface area (Å²) in [5, 5.41) is 13.7. The van der Waals surface area contributed by atoms with Gasteiger partial charge in [0.15, 0.2) is 0 Å². The number of ether oxygens (including phenoxy) is 1. The third-order valence-corrected chi connectivity index (χ3v) is 7.26. The fourth-order valence-electron chi connectivity index (χ4n) is 5.63. The molecule has 0 saturated heterocycles. The Kier molecular flexibility index (Phi) is 8.37. The van der Waals surface area contributed by atoms with E-state index in [4.69, 9.17) is 9.84 Å².